The van der Waals surface area contributed by atoms with Crippen molar-refractivity contribution < 1.29 is 8.42 Å². The molecule has 1 aromatic rings. The van der Waals surface area contributed by atoms with E-state index in [0.717, 1.165) is 10.6 Å². The quantitative estimate of drug-likeness (QED) is 0.647. The van der Waals surface area contributed by atoms with Crippen molar-refractivity contribution in [2.24, 2.45) is 0 Å². The third kappa shape index (κ3) is 1.91. The summed E-state index contributed by atoms with van der Waals surface area (Å²) in [6.45, 7) is 0. The van der Waals surface area contributed by atoms with E-state index in [1.165, 1.54) is 25.6 Å². The summed E-state index contributed by atoms with van der Waals surface area (Å²) >= 11 is 0. The second-order valence-electron chi connectivity index (χ2n) is 2.29. The van der Waals surface area contributed by atoms with Crippen molar-refractivity contribution in [3.05, 3.63) is 18.6 Å². The molecule has 0 N–H and O–H groups in total. The van der Waals surface area contributed by atoms with Crippen molar-refractivity contribution in [2.45, 2.75) is 0 Å². The monoisotopic (exact) mass is 187 g/mol. The van der Waals surface area contributed by atoms with Gasteiger partial charge < -0.3 is 0 Å². The second-order valence-corrected chi connectivity index (χ2v) is 4.31. The second kappa shape index (κ2) is 3.06. The van der Waals surface area contributed by atoms with Crippen LogP contribution in [-0.4, -0.2) is 31.7 Å². The molecule has 0 unspecified atom stereocenters. The zero-order valence-corrected chi connectivity index (χ0v) is 7.61. The van der Waals surface area contributed by atoms with Gasteiger partial charge in [-0.05, 0) is 0 Å². The number of sulfonamides is 1. The van der Waals surface area contributed by atoms with Crippen LogP contribution in [0.15, 0.2) is 18.6 Å². The molecule has 0 amide bonds. The van der Waals surface area contributed by atoms with Crippen LogP contribution in [0.3, 0.4) is 0 Å². The molecule has 0 saturated heterocycles. The number of aromatic nitrogens is 2. The number of anilines is 1. The van der Waals surface area contributed by atoms with Gasteiger partial charge in [-0.25, -0.2) is 13.4 Å². The summed E-state index contributed by atoms with van der Waals surface area (Å²) < 4.78 is 23.0. The van der Waals surface area contributed by atoms with Gasteiger partial charge in [0.05, 0.1) is 12.5 Å². The van der Waals surface area contributed by atoms with Crippen LogP contribution in [0.5, 0.6) is 0 Å². The summed E-state index contributed by atoms with van der Waals surface area (Å²) in [4.78, 5) is 7.58. The van der Waals surface area contributed by atoms with Crippen molar-refractivity contribution in [2.75, 3.05) is 17.6 Å². The molecule has 0 spiro atoms. The highest BCUT2D eigenvalue weighted by Crippen LogP contribution is 2.07. The Kier molecular flexibility index (Phi) is 2.27. The maximum atomic E-state index is 11.0. The molecule has 0 saturated carbocycles. The van der Waals surface area contributed by atoms with Crippen LogP contribution in [0.1, 0.15) is 0 Å². The van der Waals surface area contributed by atoms with Crippen LogP contribution in [0, 0.1) is 0 Å². The smallest absolute Gasteiger partial charge is 0.233 e. The third-order valence-corrected chi connectivity index (χ3v) is 2.55. The van der Waals surface area contributed by atoms with Crippen molar-refractivity contribution in [3.8, 4) is 0 Å². The summed E-state index contributed by atoms with van der Waals surface area (Å²) in [6.07, 6.45) is 5.43. The van der Waals surface area contributed by atoms with Gasteiger partial charge in [-0.1, -0.05) is 0 Å². The molecule has 1 aromatic heterocycles. The first-order valence-electron chi connectivity index (χ1n) is 3.22. The molecule has 0 aliphatic heterocycles. The largest absolute Gasteiger partial charge is 0.259 e. The lowest BCUT2D eigenvalue weighted by Gasteiger charge is -2.13. The lowest BCUT2D eigenvalue weighted by Crippen LogP contribution is -2.25. The van der Waals surface area contributed by atoms with E-state index < -0.39 is 10.0 Å². The van der Waals surface area contributed by atoms with Gasteiger partial charge in [0.1, 0.15) is 0 Å². The Morgan fingerprint density at radius 3 is 2.50 bits per heavy atom. The molecule has 1 rings (SSSR count). The SMILES string of the molecule is CN(c1cnccn1)S(C)(=O)=O. The molecule has 0 bridgehead atoms. The zero-order valence-electron chi connectivity index (χ0n) is 6.80. The number of hydrogen-bond acceptors (Lipinski definition) is 4. The minimum Gasteiger partial charge on any atom is -0.259 e. The highest BCUT2D eigenvalue weighted by Gasteiger charge is 2.11. The van der Waals surface area contributed by atoms with Gasteiger partial charge in [0, 0.05) is 19.4 Å². The Morgan fingerprint density at radius 1 is 1.42 bits per heavy atom. The minimum absolute atomic E-state index is 0.319. The van der Waals surface area contributed by atoms with E-state index in [2.05, 4.69) is 9.97 Å². The van der Waals surface area contributed by atoms with Crippen molar-refractivity contribution in [1.29, 1.82) is 0 Å². The Hall–Kier alpha value is -1.17. The average Bonchev–Trinajstić information content (AvgIpc) is 2.03. The number of rotatable bonds is 2. The molecule has 0 fully saturated rings. The Morgan fingerprint density at radius 2 is 2.08 bits per heavy atom. The number of hydrogen-bond donors (Lipinski definition) is 0. The van der Waals surface area contributed by atoms with Crippen molar-refractivity contribution >= 4 is 15.8 Å². The first-order valence-corrected chi connectivity index (χ1v) is 5.06. The molecular weight excluding hydrogens is 178 g/mol. The molecule has 0 radical (unpaired) electrons. The molecule has 0 aliphatic carbocycles. The summed E-state index contributed by atoms with van der Waals surface area (Å²) in [5.41, 5.74) is 0. The van der Waals surface area contributed by atoms with E-state index in [4.69, 9.17) is 0 Å². The summed E-state index contributed by atoms with van der Waals surface area (Å²) in [5.74, 6) is 0.319. The first kappa shape index (κ1) is 8.92. The zero-order chi connectivity index (χ0) is 9.19. The molecule has 0 aromatic carbocycles. The van der Waals surface area contributed by atoms with E-state index in [-0.39, 0.29) is 0 Å². The van der Waals surface area contributed by atoms with Crippen LogP contribution < -0.4 is 4.31 Å². The van der Waals surface area contributed by atoms with Gasteiger partial charge >= 0.3 is 0 Å². The van der Waals surface area contributed by atoms with Gasteiger partial charge in [0.25, 0.3) is 0 Å². The lowest BCUT2D eigenvalue weighted by atomic mass is 10.7. The number of nitrogens with zero attached hydrogens (tertiary/aromatic N) is 3. The van der Waals surface area contributed by atoms with Crippen LogP contribution >= 0.6 is 0 Å². The van der Waals surface area contributed by atoms with Gasteiger partial charge in [0.15, 0.2) is 5.82 Å². The summed E-state index contributed by atoms with van der Waals surface area (Å²) in [7, 11) is -1.80. The van der Waals surface area contributed by atoms with Crippen molar-refractivity contribution in [3.63, 3.8) is 0 Å². The standard InChI is InChI=1S/C6H9N3O2S/c1-9(12(2,10)11)6-5-7-3-4-8-6/h3-5H,1-2H3. The van der Waals surface area contributed by atoms with Gasteiger partial charge in [-0.2, -0.15) is 0 Å². The molecule has 1 heterocycles. The summed E-state index contributed by atoms with van der Waals surface area (Å²) in [6, 6.07) is 0. The normalized spacial score (nSPS) is 11.2. The minimum atomic E-state index is -3.23. The van der Waals surface area contributed by atoms with E-state index in [1.807, 2.05) is 0 Å². The lowest BCUT2D eigenvalue weighted by molar-refractivity contribution is 0.599. The molecule has 12 heavy (non-hydrogen) atoms. The van der Waals surface area contributed by atoms with Crippen LogP contribution in [-0.2, 0) is 10.0 Å². The van der Waals surface area contributed by atoms with E-state index in [1.54, 1.807) is 0 Å². The van der Waals surface area contributed by atoms with E-state index >= 15 is 0 Å². The van der Waals surface area contributed by atoms with Crippen molar-refractivity contribution in [1.82, 2.24) is 9.97 Å². The van der Waals surface area contributed by atoms with Crippen LogP contribution in [0.4, 0.5) is 5.82 Å². The topological polar surface area (TPSA) is 63.2 Å². The van der Waals surface area contributed by atoms with E-state index in [9.17, 15) is 8.42 Å². The molecule has 0 aliphatic rings. The van der Waals surface area contributed by atoms with E-state index in [0.29, 0.717) is 5.82 Å². The van der Waals surface area contributed by atoms with Crippen LogP contribution in [0.25, 0.3) is 0 Å². The predicted molar refractivity (Wildman–Crippen MR) is 45.3 cm³/mol. The van der Waals surface area contributed by atoms with Gasteiger partial charge in [-0.3, -0.25) is 9.29 Å². The third-order valence-electron chi connectivity index (χ3n) is 1.37. The first-order chi connectivity index (χ1) is 5.52. The molecule has 5 nitrogen and oxygen atoms in total. The maximum absolute atomic E-state index is 11.0. The Balaban J connectivity index is 3.02. The average molecular weight is 187 g/mol. The van der Waals surface area contributed by atoms with Crippen LogP contribution in [0.2, 0.25) is 0 Å². The fourth-order valence-corrected chi connectivity index (χ4v) is 1.06. The molecule has 6 heteroatoms. The predicted octanol–water partition coefficient (Wildman–Crippen LogP) is -0.128. The highest BCUT2D eigenvalue weighted by molar-refractivity contribution is 7.92. The fraction of sp³-hybridized carbons (Fsp3) is 0.333. The highest BCUT2D eigenvalue weighted by atomic mass is 32.2. The van der Waals surface area contributed by atoms with Gasteiger partial charge in [0.2, 0.25) is 10.0 Å². The van der Waals surface area contributed by atoms with Gasteiger partial charge in [-0.15, -0.1) is 0 Å². The Labute approximate surface area is 71.1 Å². The molecular formula is C6H9N3O2S. The maximum Gasteiger partial charge on any atom is 0.233 e. The molecule has 66 valence electrons. The molecule has 0 atom stereocenters. The summed E-state index contributed by atoms with van der Waals surface area (Å²) in [5, 5.41) is 0. The fourth-order valence-electron chi connectivity index (χ4n) is 0.624. The Bertz CT molecular complexity index is 348.